The number of allylic oxidation sites excluding steroid dienone is 1. The van der Waals surface area contributed by atoms with Gasteiger partial charge in [-0.05, 0) is 31.0 Å². The summed E-state index contributed by atoms with van der Waals surface area (Å²) in [5.74, 6) is 0.341. The number of benzene rings is 1. The number of carbonyl (C=O) groups excluding carboxylic acids is 1. The summed E-state index contributed by atoms with van der Waals surface area (Å²) in [5, 5.41) is 5.52. The van der Waals surface area contributed by atoms with Crippen LogP contribution < -0.4 is 10.6 Å². The molecule has 0 aliphatic heterocycles. The number of aryl methyl sites for hydroxylation is 1. The summed E-state index contributed by atoms with van der Waals surface area (Å²) < 4.78 is 44.4. The predicted octanol–water partition coefficient (Wildman–Crippen LogP) is 5.04. The SMILES string of the molecule is C/C=C(/Nc1ncc(-c2ccc(CC(=O)Nc3cnc(C)c(C(F)(F)F)c3)cc2)cn1)C(=NC)OC. The van der Waals surface area contributed by atoms with Gasteiger partial charge in [0.05, 0.1) is 36.7 Å². The second-order valence-corrected chi connectivity index (χ2v) is 7.63. The summed E-state index contributed by atoms with van der Waals surface area (Å²) in [6, 6.07) is 8.03. The average Bonchev–Trinajstić information content (AvgIpc) is 2.85. The molecule has 0 radical (unpaired) electrons. The van der Waals surface area contributed by atoms with Crippen molar-refractivity contribution >= 4 is 23.4 Å². The first-order valence-electron chi connectivity index (χ1n) is 10.8. The van der Waals surface area contributed by atoms with E-state index in [1.165, 1.54) is 20.2 Å². The van der Waals surface area contributed by atoms with Crippen LogP contribution in [-0.4, -0.2) is 40.9 Å². The standard InChI is InChI=1S/C25H25F3N6O2/c1-5-21(23(29-3)36-4)34-24-31-12-18(13-32-24)17-8-6-16(7-9-17)10-22(35)33-19-11-20(25(26,27)28)15(2)30-14-19/h5-9,11-14H,10H2,1-4H3,(H,33,35)(H,31,32,34)/b21-5+,29-23?. The Morgan fingerprint density at radius 2 is 1.72 bits per heavy atom. The number of carbonyl (C=O) groups is 1. The number of alkyl halides is 3. The van der Waals surface area contributed by atoms with E-state index in [2.05, 4.69) is 30.6 Å². The van der Waals surface area contributed by atoms with Gasteiger partial charge in [0.25, 0.3) is 0 Å². The molecule has 1 aromatic carbocycles. The third-order valence-electron chi connectivity index (χ3n) is 5.14. The highest BCUT2D eigenvalue weighted by atomic mass is 19.4. The van der Waals surface area contributed by atoms with Crippen LogP contribution in [0.1, 0.15) is 23.7 Å². The number of methoxy groups -OCH3 is 1. The number of halogens is 3. The summed E-state index contributed by atoms with van der Waals surface area (Å²) in [4.78, 5) is 28.8. The molecule has 36 heavy (non-hydrogen) atoms. The zero-order chi connectivity index (χ0) is 26.3. The lowest BCUT2D eigenvalue weighted by Crippen LogP contribution is -2.16. The van der Waals surface area contributed by atoms with E-state index in [1.807, 2.05) is 19.1 Å². The van der Waals surface area contributed by atoms with Gasteiger partial charge in [-0.3, -0.25) is 14.8 Å². The highest BCUT2D eigenvalue weighted by molar-refractivity contribution is 5.95. The van der Waals surface area contributed by atoms with Crippen LogP contribution in [0.25, 0.3) is 11.1 Å². The number of aromatic nitrogens is 3. The minimum atomic E-state index is -4.54. The second-order valence-electron chi connectivity index (χ2n) is 7.63. The molecule has 2 aromatic heterocycles. The Morgan fingerprint density at radius 3 is 2.28 bits per heavy atom. The zero-order valence-corrected chi connectivity index (χ0v) is 20.1. The van der Waals surface area contributed by atoms with E-state index in [0.717, 1.165) is 17.2 Å². The van der Waals surface area contributed by atoms with Gasteiger partial charge in [0, 0.05) is 30.7 Å². The van der Waals surface area contributed by atoms with Crippen LogP contribution in [0.2, 0.25) is 0 Å². The van der Waals surface area contributed by atoms with E-state index < -0.39 is 17.6 Å². The lowest BCUT2D eigenvalue weighted by atomic mass is 10.0. The molecule has 0 spiro atoms. The fourth-order valence-corrected chi connectivity index (χ4v) is 3.33. The Labute approximate surface area is 206 Å². The van der Waals surface area contributed by atoms with E-state index in [-0.39, 0.29) is 17.8 Å². The summed E-state index contributed by atoms with van der Waals surface area (Å²) in [5.41, 5.74) is 1.88. The number of pyridine rings is 1. The Bertz CT molecular complexity index is 1270. The third kappa shape index (κ3) is 6.65. The number of ether oxygens (including phenoxy) is 1. The molecule has 3 rings (SSSR count). The Morgan fingerprint density at radius 1 is 1.06 bits per heavy atom. The van der Waals surface area contributed by atoms with Crippen molar-refractivity contribution in [1.29, 1.82) is 0 Å². The van der Waals surface area contributed by atoms with Gasteiger partial charge in [-0.15, -0.1) is 0 Å². The molecule has 3 aromatic rings. The van der Waals surface area contributed by atoms with Crippen molar-refractivity contribution in [2.45, 2.75) is 26.4 Å². The Kier molecular flexibility index (Phi) is 8.36. The van der Waals surface area contributed by atoms with Crippen molar-refractivity contribution in [2.75, 3.05) is 24.8 Å². The van der Waals surface area contributed by atoms with Crippen molar-refractivity contribution in [2.24, 2.45) is 4.99 Å². The smallest absolute Gasteiger partial charge is 0.418 e. The summed E-state index contributed by atoms with van der Waals surface area (Å²) in [6.45, 7) is 3.10. The fourth-order valence-electron chi connectivity index (χ4n) is 3.33. The number of nitrogens with zero attached hydrogens (tertiary/aromatic N) is 4. The van der Waals surface area contributed by atoms with Crippen LogP contribution in [0.3, 0.4) is 0 Å². The lowest BCUT2D eigenvalue weighted by molar-refractivity contribution is -0.138. The number of hydrogen-bond acceptors (Lipinski definition) is 7. The number of hydrogen-bond donors (Lipinski definition) is 2. The molecule has 1 amide bonds. The maximum Gasteiger partial charge on any atom is 0.418 e. The van der Waals surface area contributed by atoms with Crippen LogP contribution in [0.15, 0.2) is 65.7 Å². The van der Waals surface area contributed by atoms with Crippen LogP contribution in [-0.2, 0) is 22.1 Å². The molecule has 188 valence electrons. The minimum absolute atomic E-state index is 0.00991. The largest absolute Gasteiger partial charge is 0.480 e. The molecule has 2 heterocycles. The highest BCUT2D eigenvalue weighted by Gasteiger charge is 2.33. The molecule has 0 atom stereocenters. The second kappa shape index (κ2) is 11.4. The molecular formula is C25H25F3N6O2. The molecule has 0 aliphatic rings. The molecule has 2 N–H and O–H groups in total. The maximum absolute atomic E-state index is 13.1. The van der Waals surface area contributed by atoms with Gasteiger partial charge in [0.1, 0.15) is 0 Å². The number of amides is 1. The first kappa shape index (κ1) is 26.3. The molecule has 0 aliphatic carbocycles. The molecule has 0 saturated carbocycles. The van der Waals surface area contributed by atoms with E-state index >= 15 is 0 Å². The van der Waals surface area contributed by atoms with Crippen molar-refractivity contribution < 1.29 is 22.7 Å². The third-order valence-corrected chi connectivity index (χ3v) is 5.14. The van der Waals surface area contributed by atoms with E-state index in [0.29, 0.717) is 23.1 Å². The average molecular weight is 499 g/mol. The number of nitrogens with one attached hydrogen (secondary N) is 2. The van der Waals surface area contributed by atoms with Gasteiger partial charge in [-0.2, -0.15) is 13.2 Å². The normalized spacial score (nSPS) is 12.3. The van der Waals surface area contributed by atoms with Gasteiger partial charge < -0.3 is 15.4 Å². The van der Waals surface area contributed by atoms with Crippen LogP contribution in [0, 0.1) is 6.92 Å². The minimum Gasteiger partial charge on any atom is -0.480 e. The predicted molar refractivity (Wildman–Crippen MR) is 132 cm³/mol. The molecule has 0 fully saturated rings. The first-order valence-corrected chi connectivity index (χ1v) is 10.8. The number of aliphatic imine (C=N–C) groups is 1. The zero-order valence-electron chi connectivity index (χ0n) is 20.1. The van der Waals surface area contributed by atoms with Crippen molar-refractivity contribution in [3.8, 4) is 11.1 Å². The summed E-state index contributed by atoms with van der Waals surface area (Å²) in [7, 11) is 3.14. The van der Waals surface area contributed by atoms with E-state index in [1.54, 1.807) is 37.7 Å². The van der Waals surface area contributed by atoms with Crippen molar-refractivity contribution in [3.05, 3.63) is 77.5 Å². The molecule has 8 nitrogen and oxygen atoms in total. The molecule has 0 unspecified atom stereocenters. The Balaban J connectivity index is 1.64. The Hall–Kier alpha value is -4.28. The van der Waals surface area contributed by atoms with Gasteiger partial charge in [-0.1, -0.05) is 30.3 Å². The van der Waals surface area contributed by atoms with Gasteiger partial charge in [0.2, 0.25) is 17.8 Å². The monoisotopic (exact) mass is 498 g/mol. The molecule has 11 heteroatoms. The van der Waals surface area contributed by atoms with E-state index in [4.69, 9.17) is 4.74 Å². The summed E-state index contributed by atoms with van der Waals surface area (Å²) in [6.07, 6.45) is 1.75. The van der Waals surface area contributed by atoms with Gasteiger partial charge >= 0.3 is 6.18 Å². The highest BCUT2D eigenvalue weighted by Crippen LogP contribution is 2.32. The molecule has 0 bridgehead atoms. The quantitative estimate of drug-likeness (QED) is 0.350. The maximum atomic E-state index is 13.1. The number of rotatable bonds is 7. The van der Waals surface area contributed by atoms with Crippen molar-refractivity contribution in [1.82, 2.24) is 15.0 Å². The first-order chi connectivity index (χ1) is 17.1. The van der Waals surface area contributed by atoms with E-state index in [9.17, 15) is 18.0 Å². The van der Waals surface area contributed by atoms with Gasteiger partial charge in [-0.25, -0.2) is 9.97 Å². The molecular weight excluding hydrogens is 473 g/mol. The van der Waals surface area contributed by atoms with Gasteiger partial charge in [0.15, 0.2) is 0 Å². The number of anilines is 2. The summed E-state index contributed by atoms with van der Waals surface area (Å²) >= 11 is 0. The molecule has 0 saturated heterocycles. The van der Waals surface area contributed by atoms with Crippen LogP contribution >= 0.6 is 0 Å². The van der Waals surface area contributed by atoms with Crippen LogP contribution in [0.5, 0.6) is 0 Å². The fraction of sp³-hybridized carbons (Fsp3) is 0.240. The van der Waals surface area contributed by atoms with Crippen LogP contribution in [0.4, 0.5) is 24.8 Å². The van der Waals surface area contributed by atoms with Crippen molar-refractivity contribution in [3.63, 3.8) is 0 Å². The lowest BCUT2D eigenvalue weighted by Gasteiger charge is -2.12. The topological polar surface area (TPSA) is 101 Å².